The number of pyridine rings is 1. The number of nitrogens with zero attached hydrogens (tertiary/aromatic N) is 1. The summed E-state index contributed by atoms with van der Waals surface area (Å²) in [6, 6.07) is 3.47. The van der Waals surface area contributed by atoms with Gasteiger partial charge in [-0.1, -0.05) is 6.07 Å². The van der Waals surface area contributed by atoms with Gasteiger partial charge in [-0.3, -0.25) is 9.78 Å². The molecule has 45 valence electrons. The van der Waals surface area contributed by atoms with Gasteiger partial charge in [-0.05, 0) is 18.6 Å². The lowest BCUT2D eigenvalue weighted by molar-refractivity contribution is 0.561. The summed E-state index contributed by atoms with van der Waals surface area (Å²) in [6.07, 6.45) is 3.33. The van der Waals surface area contributed by atoms with Crippen molar-refractivity contribution in [3.8, 4) is 0 Å². The maximum absolute atomic E-state index is 9.93. The van der Waals surface area contributed by atoms with E-state index >= 15 is 0 Å². The third kappa shape index (κ3) is 1.35. The fourth-order valence-electron chi connectivity index (χ4n) is 0.528. The second-order valence-electron chi connectivity index (χ2n) is 1.82. The van der Waals surface area contributed by atoms with E-state index in [4.69, 9.17) is 0 Å². The van der Waals surface area contributed by atoms with Gasteiger partial charge in [0, 0.05) is 6.20 Å². The van der Waals surface area contributed by atoms with Crippen LogP contribution in [-0.2, 0) is 4.79 Å². The molecule has 0 atom stereocenters. The lowest BCUT2D eigenvalue weighted by Crippen LogP contribution is -1.84. The van der Waals surface area contributed by atoms with Crippen molar-refractivity contribution in [2.24, 2.45) is 0 Å². The third-order valence-corrected chi connectivity index (χ3v) is 1.02. The molecule has 0 saturated heterocycles. The molecule has 2 nitrogen and oxygen atoms in total. The largest absolute Gasteiger partial charge is 0.283 e. The van der Waals surface area contributed by atoms with Crippen LogP contribution >= 0.6 is 0 Å². The number of rotatable bonds is 1. The van der Waals surface area contributed by atoms with Crippen molar-refractivity contribution in [1.29, 1.82) is 0 Å². The van der Waals surface area contributed by atoms with Gasteiger partial charge in [-0.25, -0.2) is 0 Å². The summed E-state index contributed by atoms with van der Waals surface area (Å²) in [5.41, 5.74) is 1.41. The van der Waals surface area contributed by atoms with E-state index in [9.17, 15) is 4.79 Å². The third-order valence-electron chi connectivity index (χ3n) is 1.02. The standard InChI is InChI=1S/C7H6NO/c1-6-2-3-7(5-9)8-4-6/h2-4H,1H3. The zero-order valence-corrected chi connectivity index (χ0v) is 5.09. The van der Waals surface area contributed by atoms with E-state index in [2.05, 4.69) is 4.98 Å². The first-order valence-corrected chi connectivity index (χ1v) is 2.64. The Bertz CT molecular complexity index is 203. The minimum atomic E-state index is 0.362. The maximum atomic E-state index is 9.93. The van der Waals surface area contributed by atoms with Crippen molar-refractivity contribution >= 4 is 6.29 Å². The molecule has 9 heavy (non-hydrogen) atoms. The molecule has 0 aliphatic carbocycles. The van der Waals surface area contributed by atoms with Gasteiger partial charge in [0.05, 0.1) is 0 Å². The van der Waals surface area contributed by atoms with Crippen molar-refractivity contribution in [3.05, 3.63) is 29.6 Å². The van der Waals surface area contributed by atoms with Gasteiger partial charge >= 0.3 is 0 Å². The molecule has 0 spiro atoms. The van der Waals surface area contributed by atoms with Gasteiger partial charge in [-0.15, -0.1) is 0 Å². The maximum Gasteiger partial charge on any atom is 0.253 e. The molecule has 0 N–H and O–H groups in total. The van der Waals surface area contributed by atoms with Crippen LogP contribution in [0.3, 0.4) is 0 Å². The number of hydrogen-bond acceptors (Lipinski definition) is 2. The van der Waals surface area contributed by atoms with E-state index in [0.717, 1.165) is 5.56 Å². The van der Waals surface area contributed by atoms with E-state index < -0.39 is 0 Å². The van der Waals surface area contributed by atoms with Crippen molar-refractivity contribution in [3.63, 3.8) is 0 Å². The lowest BCUT2D eigenvalue weighted by atomic mass is 10.3. The average molecular weight is 120 g/mol. The smallest absolute Gasteiger partial charge is 0.253 e. The lowest BCUT2D eigenvalue weighted by Gasteiger charge is -1.87. The molecule has 1 heterocycles. The Hall–Kier alpha value is -1.18. The molecular formula is C7H6NO. The molecule has 1 rings (SSSR count). The van der Waals surface area contributed by atoms with Gasteiger partial charge in [0.2, 0.25) is 0 Å². The SMILES string of the molecule is Cc1ccc([C]=O)nc1. The van der Waals surface area contributed by atoms with Gasteiger partial charge in [0.15, 0.2) is 0 Å². The van der Waals surface area contributed by atoms with Gasteiger partial charge in [-0.2, -0.15) is 0 Å². The second-order valence-corrected chi connectivity index (χ2v) is 1.82. The van der Waals surface area contributed by atoms with E-state index in [0.29, 0.717) is 5.69 Å². The number of carbonyl (C=O) groups excluding carboxylic acids is 1. The molecule has 0 saturated carbocycles. The van der Waals surface area contributed by atoms with Crippen LogP contribution in [0, 0.1) is 6.92 Å². The van der Waals surface area contributed by atoms with Gasteiger partial charge in [0.25, 0.3) is 6.29 Å². The van der Waals surface area contributed by atoms with Crippen molar-refractivity contribution in [1.82, 2.24) is 4.98 Å². The molecule has 0 aromatic carbocycles. The van der Waals surface area contributed by atoms with Crippen LogP contribution in [0.4, 0.5) is 0 Å². The Morgan fingerprint density at radius 2 is 2.33 bits per heavy atom. The molecule has 0 amide bonds. The van der Waals surface area contributed by atoms with Crippen LogP contribution in [0.5, 0.6) is 0 Å². The summed E-state index contributed by atoms with van der Waals surface area (Å²) < 4.78 is 0. The fraction of sp³-hybridized carbons (Fsp3) is 0.143. The summed E-state index contributed by atoms with van der Waals surface area (Å²) in [7, 11) is 0. The normalized spacial score (nSPS) is 9.00. The summed E-state index contributed by atoms with van der Waals surface area (Å²) >= 11 is 0. The van der Waals surface area contributed by atoms with Crippen LogP contribution in [0.1, 0.15) is 11.3 Å². The van der Waals surface area contributed by atoms with E-state index in [1.54, 1.807) is 18.5 Å². The Kier molecular flexibility index (Phi) is 1.58. The van der Waals surface area contributed by atoms with Crippen LogP contribution in [0.25, 0.3) is 0 Å². The molecule has 2 heteroatoms. The molecule has 0 bridgehead atoms. The zero-order valence-electron chi connectivity index (χ0n) is 5.09. The second kappa shape index (κ2) is 2.40. The van der Waals surface area contributed by atoms with Gasteiger partial charge < -0.3 is 0 Å². The number of aromatic nitrogens is 1. The molecule has 1 aromatic rings. The molecule has 0 aliphatic rings. The highest BCUT2D eigenvalue weighted by molar-refractivity contribution is 5.71. The monoisotopic (exact) mass is 120 g/mol. The highest BCUT2D eigenvalue weighted by atomic mass is 16.1. The summed E-state index contributed by atoms with van der Waals surface area (Å²) in [5.74, 6) is 0. The molecule has 1 radical (unpaired) electrons. The predicted octanol–water partition coefficient (Wildman–Crippen LogP) is 0.848. The first-order valence-electron chi connectivity index (χ1n) is 2.64. The minimum Gasteiger partial charge on any atom is -0.283 e. The van der Waals surface area contributed by atoms with Crippen LogP contribution in [0.2, 0.25) is 0 Å². The van der Waals surface area contributed by atoms with Crippen molar-refractivity contribution in [2.75, 3.05) is 0 Å². The number of aryl methyl sites for hydroxylation is 1. The molecule has 1 aromatic heterocycles. The highest BCUT2D eigenvalue weighted by Gasteiger charge is 1.88. The quantitative estimate of drug-likeness (QED) is 0.549. The van der Waals surface area contributed by atoms with E-state index in [1.807, 2.05) is 13.0 Å². The molecule has 0 fully saturated rings. The Morgan fingerprint density at radius 3 is 2.78 bits per heavy atom. The first-order chi connectivity index (χ1) is 4.33. The van der Waals surface area contributed by atoms with E-state index in [1.165, 1.54) is 0 Å². The summed E-state index contributed by atoms with van der Waals surface area (Å²) in [4.78, 5) is 13.7. The highest BCUT2D eigenvalue weighted by Crippen LogP contribution is 1.94. The van der Waals surface area contributed by atoms with Gasteiger partial charge in [0.1, 0.15) is 5.69 Å². The fourth-order valence-corrected chi connectivity index (χ4v) is 0.528. The zero-order chi connectivity index (χ0) is 6.69. The first kappa shape index (κ1) is 5.95. The van der Waals surface area contributed by atoms with Crippen LogP contribution in [-0.4, -0.2) is 11.3 Å². The minimum absolute atomic E-state index is 0.362. The van der Waals surface area contributed by atoms with Crippen molar-refractivity contribution < 1.29 is 4.79 Å². The average Bonchev–Trinajstić information content (AvgIpc) is 1.90. The topological polar surface area (TPSA) is 30.0 Å². The van der Waals surface area contributed by atoms with Crippen LogP contribution in [0.15, 0.2) is 18.3 Å². The Morgan fingerprint density at radius 1 is 1.56 bits per heavy atom. The number of hydrogen-bond donors (Lipinski definition) is 0. The van der Waals surface area contributed by atoms with E-state index in [-0.39, 0.29) is 0 Å². The summed E-state index contributed by atoms with van der Waals surface area (Å²) in [6.45, 7) is 1.92. The predicted molar refractivity (Wildman–Crippen MR) is 33.8 cm³/mol. The van der Waals surface area contributed by atoms with Crippen LogP contribution < -0.4 is 0 Å². The summed E-state index contributed by atoms with van der Waals surface area (Å²) in [5, 5.41) is 0. The van der Waals surface area contributed by atoms with Crippen molar-refractivity contribution in [2.45, 2.75) is 6.92 Å². The Balaban J connectivity index is 3.01. The molecule has 0 unspecified atom stereocenters. The Labute approximate surface area is 53.5 Å². The molecule has 0 aliphatic heterocycles. The molecular weight excluding hydrogens is 114 g/mol.